The molecule has 0 amide bonds. The number of hydrogen-bond acceptors (Lipinski definition) is 7. The van der Waals surface area contributed by atoms with Crippen LogP contribution in [0.2, 0.25) is 0 Å². The third-order valence-corrected chi connectivity index (χ3v) is 6.39. The van der Waals surface area contributed by atoms with E-state index < -0.39 is 17.8 Å². The Morgan fingerprint density at radius 2 is 2.06 bits per heavy atom. The van der Waals surface area contributed by atoms with Crippen molar-refractivity contribution in [1.82, 2.24) is 4.57 Å². The lowest BCUT2D eigenvalue weighted by Crippen LogP contribution is -2.40. The van der Waals surface area contributed by atoms with Crippen LogP contribution >= 0.6 is 11.3 Å². The van der Waals surface area contributed by atoms with Crippen LogP contribution in [0.5, 0.6) is 11.5 Å². The highest BCUT2D eigenvalue weighted by molar-refractivity contribution is 7.07. The molecule has 0 unspecified atom stereocenters. The summed E-state index contributed by atoms with van der Waals surface area (Å²) in [5.41, 5.74) is 1.10. The van der Waals surface area contributed by atoms with E-state index in [0.717, 1.165) is 5.56 Å². The summed E-state index contributed by atoms with van der Waals surface area (Å²) in [6.45, 7) is 3.65. The molecule has 0 spiro atoms. The van der Waals surface area contributed by atoms with Crippen LogP contribution in [-0.4, -0.2) is 23.9 Å². The van der Waals surface area contributed by atoms with Gasteiger partial charge in [-0.3, -0.25) is 9.36 Å². The standard InChI is InChI=1S/C24H19FN2O5S/c1-3-30-23(29)20-13(2)26-24-27(21(20)15-6-4-5-7-16(15)25)22(28)19(33-24)11-14-8-9-17-18(10-14)32-12-31-17/h4-11,21H,3,12H2,1-2H3/b19-11+/t21-/m0/s1. The van der Waals surface area contributed by atoms with Gasteiger partial charge in [-0.1, -0.05) is 35.6 Å². The maximum atomic E-state index is 14.9. The second-order valence-electron chi connectivity index (χ2n) is 7.44. The third-order valence-electron chi connectivity index (χ3n) is 5.41. The Kier molecular flexibility index (Phi) is 5.33. The van der Waals surface area contributed by atoms with E-state index in [1.54, 1.807) is 50.3 Å². The van der Waals surface area contributed by atoms with Gasteiger partial charge in [0.15, 0.2) is 16.3 Å². The van der Waals surface area contributed by atoms with E-state index in [1.807, 2.05) is 6.07 Å². The highest BCUT2D eigenvalue weighted by atomic mass is 32.1. The number of benzene rings is 2. The molecule has 0 N–H and O–H groups in total. The van der Waals surface area contributed by atoms with Crippen LogP contribution in [0.1, 0.15) is 31.0 Å². The van der Waals surface area contributed by atoms with E-state index in [-0.39, 0.29) is 30.1 Å². The number of allylic oxidation sites excluding steroid dienone is 1. The summed E-state index contributed by atoms with van der Waals surface area (Å²) in [5, 5.41) is 0. The monoisotopic (exact) mass is 466 g/mol. The molecule has 2 aromatic carbocycles. The average Bonchev–Trinajstić information content (AvgIpc) is 3.37. The highest BCUT2D eigenvalue weighted by Crippen LogP contribution is 2.33. The molecule has 0 saturated heterocycles. The first kappa shape index (κ1) is 21.1. The fraction of sp³-hybridized carbons (Fsp3) is 0.208. The van der Waals surface area contributed by atoms with Crippen LogP contribution in [0, 0.1) is 5.82 Å². The van der Waals surface area contributed by atoms with Crippen LogP contribution in [0.4, 0.5) is 4.39 Å². The van der Waals surface area contributed by atoms with E-state index in [0.29, 0.717) is 26.5 Å². The van der Waals surface area contributed by atoms with Gasteiger partial charge < -0.3 is 14.2 Å². The zero-order valence-electron chi connectivity index (χ0n) is 17.8. The number of rotatable bonds is 4. The summed E-state index contributed by atoms with van der Waals surface area (Å²) in [6, 6.07) is 10.5. The molecule has 7 nitrogen and oxygen atoms in total. The summed E-state index contributed by atoms with van der Waals surface area (Å²) in [4.78, 5) is 31.2. The zero-order chi connectivity index (χ0) is 23.1. The van der Waals surface area contributed by atoms with Gasteiger partial charge in [0.25, 0.3) is 5.56 Å². The summed E-state index contributed by atoms with van der Waals surface area (Å²) >= 11 is 1.17. The number of halogens is 1. The molecule has 1 atom stereocenters. The van der Waals surface area contributed by atoms with Crippen molar-refractivity contribution in [3.63, 3.8) is 0 Å². The molecule has 0 fully saturated rings. The molecule has 2 aliphatic rings. The number of thiazole rings is 1. The summed E-state index contributed by atoms with van der Waals surface area (Å²) < 4.78 is 32.6. The number of ether oxygens (including phenoxy) is 3. The minimum Gasteiger partial charge on any atom is -0.463 e. The number of aromatic nitrogens is 1. The van der Waals surface area contributed by atoms with Gasteiger partial charge in [-0.05, 0) is 43.7 Å². The van der Waals surface area contributed by atoms with Crippen molar-refractivity contribution >= 4 is 23.4 Å². The lowest BCUT2D eigenvalue weighted by Gasteiger charge is -2.24. The molecular formula is C24H19FN2O5S. The maximum absolute atomic E-state index is 14.9. The van der Waals surface area contributed by atoms with E-state index in [9.17, 15) is 14.0 Å². The number of esters is 1. The van der Waals surface area contributed by atoms with E-state index >= 15 is 0 Å². The molecule has 33 heavy (non-hydrogen) atoms. The smallest absolute Gasteiger partial charge is 0.338 e. The SMILES string of the molecule is CCOC(=O)C1=C(C)N=c2s/c(=C/c3ccc4c(c3)OCO4)c(=O)n2[C@H]1c1ccccc1F. The first-order valence-corrected chi connectivity index (χ1v) is 11.1. The van der Waals surface area contributed by atoms with Crippen LogP contribution in [0.25, 0.3) is 6.08 Å². The first-order valence-electron chi connectivity index (χ1n) is 10.3. The van der Waals surface area contributed by atoms with Crippen LogP contribution < -0.4 is 24.4 Å². The minimum absolute atomic E-state index is 0.143. The third kappa shape index (κ3) is 3.64. The van der Waals surface area contributed by atoms with Crippen molar-refractivity contribution in [2.24, 2.45) is 4.99 Å². The molecule has 0 radical (unpaired) electrons. The van der Waals surface area contributed by atoms with Crippen molar-refractivity contribution in [2.75, 3.05) is 13.4 Å². The zero-order valence-corrected chi connectivity index (χ0v) is 18.6. The normalized spacial score (nSPS) is 17.1. The lowest BCUT2D eigenvalue weighted by atomic mass is 9.95. The second-order valence-corrected chi connectivity index (χ2v) is 8.45. The van der Waals surface area contributed by atoms with Gasteiger partial charge in [0, 0.05) is 5.56 Å². The Bertz CT molecular complexity index is 1490. The predicted molar refractivity (Wildman–Crippen MR) is 119 cm³/mol. The lowest BCUT2D eigenvalue weighted by molar-refractivity contribution is -0.139. The predicted octanol–water partition coefficient (Wildman–Crippen LogP) is 2.67. The molecule has 9 heteroatoms. The number of carbonyl (C=O) groups is 1. The molecule has 5 rings (SSSR count). The Hall–Kier alpha value is -3.72. The van der Waals surface area contributed by atoms with Crippen LogP contribution in [-0.2, 0) is 9.53 Å². The quantitative estimate of drug-likeness (QED) is 0.553. The van der Waals surface area contributed by atoms with Crippen molar-refractivity contribution in [3.8, 4) is 11.5 Å². The Morgan fingerprint density at radius 3 is 2.85 bits per heavy atom. The van der Waals surface area contributed by atoms with Gasteiger partial charge in [-0.25, -0.2) is 14.2 Å². The maximum Gasteiger partial charge on any atom is 0.338 e. The summed E-state index contributed by atoms with van der Waals surface area (Å²) in [5.74, 6) is 0.0884. The molecule has 3 heterocycles. The average molecular weight is 466 g/mol. The number of carbonyl (C=O) groups excluding carboxylic acids is 1. The number of hydrogen-bond donors (Lipinski definition) is 0. The van der Waals surface area contributed by atoms with E-state index in [2.05, 4.69) is 4.99 Å². The molecule has 3 aromatic rings. The van der Waals surface area contributed by atoms with Crippen LogP contribution in [0.15, 0.2) is 63.5 Å². The molecule has 1 aromatic heterocycles. The van der Waals surface area contributed by atoms with Gasteiger partial charge >= 0.3 is 5.97 Å². The van der Waals surface area contributed by atoms with E-state index in [1.165, 1.54) is 22.0 Å². The fourth-order valence-electron chi connectivity index (χ4n) is 3.94. The largest absolute Gasteiger partial charge is 0.463 e. The van der Waals surface area contributed by atoms with Gasteiger partial charge in [-0.2, -0.15) is 0 Å². The molecule has 168 valence electrons. The highest BCUT2D eigenvalue weighted by Gasteiger charge is 2.34. The van der Waals surface area contributed by atoms with Gasteiger partial charge in [0.2, 0.25) is 6.79 Å². The topological polar surface area (TPSA) is 79.1 Å². The molecular weight excluding hydrogens is 447 g/mol. The second kappa shape index (κ2) is 8.32. The van der Waals surface area contributed by atoms with Gasteiger partial charge in [-0.15, -0.1) is 0 Å². The number of fused-ring (bicyclic) bond motifs is 2. The Balaban J connectivity index is 1.71. The minimum atomic E-state index is -0.986. The molecule has 0 aliphatic carbocycles. The van der Waals surface area contributed by atoms with Crippen LogP contribution in [0.3, 0.4) is 0 Å². The van der Waals surface area contributed by atoms with E-state index in [4.69, 9.17) is 14.2 Å². The summed E-state index contributed by atoms with van der Waals surface area (Å²) in [6.07, 6.45) is 1.72. The fourth-order valence-corrected chi connectivity index (χ4v) is 4.98. The Morgan fingerprint density at radius 1 is 1.27 bits per heavy atom. The van der Waals surface area contributed by atoms with Crippen molar-refractivity contribution < 1.29 is 23.4 Å². The van der Waals surface area contributed by atoms with Crippen molar-refractivity contribution in [1.29, 1.82) is 0 Å². The Labute approximate surface area is 191 Å². The van der Waals surface area contributed by atoms with Gasteiger partial charge in [0.05, 0.1) is 22.4 Å². The van der Waals surface area contributed by atoms with Crippen molar-refractivity contribution in [3.05, 3.63) is 90.4 Å². The molecule has 0 saturated carbocycles. The van der Waals surface area contributed by atoms with Gasteiger partial charge in [0.1, 0.15) is 11.9 Å². The number of nitrogens with zero attached hydrogens (tertiary/aromatic N) is 2. The van der Waals surface area contributed by atoms with Crippen molar-refractivity contribution in [2.45, 2.75) is 19.9 Å². The molecule has 2 aliphatic heterocycles. The summed E-state index contributed by atoms with van der Waals surface area (Å²) in [7, 11) is 0. The molecule has 0 bridgehead atoms. The first-order chi connectivity index (χ1) is 16.0.